The van der Waals surface area contributed by atoms with Gasteiger partial charge in [-0.05, 0) is 24.5 Å². The Balaban J connectivity index is 1.40. The molecular weight excluding hydrogens is 308 g/mol. The summed E-state index contributed by atoms with van der Waals surface area (Å²) in [6.07, 6.45) is 5.28. The molecule has 0 spiro atoms. The molecule has 3 aliphatic heterocycles. The van der Waals surface area contributed by atoms with Crippen LogP contribution in [-0.4, -0.2) is 60.9 Å². The molecule has 6 nitrogen and oxygen atoms in total. The van der Waals surface area contributed by atoms with Crippen molar-refractivity contribution in [2.24, 2.45) is 11.8 Å². The minimum atomic E-state index is 0.0431. The molecule has 1 aromatic rings. The maximum absolute atomic E-state index is 12.9. The Morgan fingerprint density at radius 2 is 2.17 bits per heavy atom. The number of nitrogens with zero attached hydrogens (tertiary/aromatic N) is 2. The third-order valence-electron chi connectivity index (χ3n) is 5.39. The van der Waals surface area contributed by atoms with Gasteiger partial charge in [0.05, 0.1) is 32.0 Å². The van der Waals surface area contributed by atoms with E-state index < -0.39 is 0 Å². The summed E-state index contributed by atoms with van der Waals surface area (Å²) in [5.41, 5.74) is 1.06. The Kier molecular flexibility index (Phi) is 4.78. The van der Waals surface area contributed by atoms with Gasteiger partial charge in [-0.15, -0.1) is 0 Å². The van der Waals surface area contributed by atoms with Crippen LogP contribution in [0.5, 0.6) is 0 Å². The van der Waals surface area contributed by atoms with E-state index in [-0.39, 0.29) is 29.9 Å². The molecule has 0 aromatic carbocycles. The monoisotopic (exact) mass is 332 g/mol. The molecule has 6 heteroatoms. The lowest BCUT2D eigenvalue weighted by Crippen LogP contribution is -2.43. The maximum atomic E-state index is 12.9. The Bertz CT molecular complexity index is 561. The van der Waals surface area contributed by atoms with Crippen molar-refractivity contribution < 1.29 is 19.0 Å². The van der Waals surface area contributed by atoms with Gasteiger partial charge in [0.2, 0.25) is 5.91 Å². The highest BCUT2D eigenvalue weighted by Gasteiger charge is 2.48. The lowest BCUT2D eigenvalue weighted by Gasteiger charge is -2.29. The van der Waals surface area contributed by atoms with Crippen LogP contribution in [0.25, 0.3) is 0 Å². The molecule has 0 bridgehead atoms. The fourth-order valence-electron chi connectivity index (χ4n) is 4.00. The Morgan fingerprint density at radius 1 is 1.29 bits per heavy atom. The summed E-state index contributed by atoms with van der Waals surface area (Å²) in [6.45, 7) is 3.90. The van der Waals surface area contributed by atoms with Gasteiger partial charge in [-0.3, -0.25) is 9.78 Å². The van der Waals surface area contributed by atoms with Crippen molar-refractivity contribution >= 4 is 5.91 Å². The van der Waals surface area contributed by atoms with Gasteiger partial charge in [0, 0.05) is 44.0 Å². The lowest BCUT2D eigenvalue weighted by atomic mass is 9.97. The average molecular weight is 332 g/mol. The molecule has 3 saturated heterocycles. The van der Waals surface area contributed by atoms with Crippen LogP contribution in [0.3, 0.4) is 0 Å². The zero-order valence-corrected chi connectivity index (χ0v) is 13.8. The normalized spacial score (nSPS) is 30.5. The standard InChI is InChI=1S/C18H24N2O4/c21-18(14-3-6-22-7-4-14)20-9-17(15-11-23-12-16(15)20)24-10-13-2-1-5-19-8-13/h1-2,5,8,14-17H,3-4,6-7,9-12H2/t15-,16+,17-/m1/s1. The zero-order chi connectivity index (χ0) is 16.4. The number of pyridine rings is 1. The number of fused-ring (bicyclic) bond motifs is 1. The van der Waals surface area contributed by atoms with E-state index >= 15 is 0 Å². The summed E-state index contributed by atoms with van der Waals surface area (Å²) >= 11 is 0. The second-order valence-electron chi connectivity index (χ2n) is 6.86. The highest BCUT2D eigenvalue weighted by atomic mass is 16.5. The third kappa shape index (κ3) is 3.18. The Hall–Kier alpha value is -1.50. The van der Waals surface area contributed by atoms with Crippen molar-refractivity contribution in [3.05, 3.63) is 30.1 Å². The highest BCUT2D eigenvalue weighted by molar-refractivity contribution is 5.79. The summed E-state index contributed by atoms with van der Waals surface area (Å²) in [4.78, 5) is 19.0. The summed E-state index contributed by atoms with van der Waals surface area (Å²) in [5.74, 6) is 0.633. The number of hydrogen-bond acceptors (Lipinski definition) is 5. The van der Waals surface area contributed by atoms with E-state index in [0.29, 0.717) is 39.6 Å². The van der Waals surface area contributed by atoms with Crippen molar-refractivity contribution in [2.45, 2.75) is 31.6 Å². The first-order valence-corrected chi connectivity index (χ1v) is 8.79. The second kappa shape index (κ2) is 7.17. The minimum absolute atomic E-state index is 0.0431. The van der Waals surface area contributed by atoms with Crippen LogP contribution in [-0.2, 0) is 25.6 Å². The van der Waals surface area contributed by atoms with E-state index in [0.717, 1.165) is 18.4 Å². The summed E-state index contributed by atoms with van der Waals surface area (Å²) in [7, 11) is 0. The van der Waals surface area contributed by atoms with Crippen LogP contribution in [0, 0.1) is 11.8 Å². The molecule has 0 N–H and O–H groups in total. The van der Waals surface area contributed by atoms with Crippen LogP contribution in [0.15, 0.2) is 24.5 Å². The summed E-state index contributed by atoms with van der Waals surface area (Å²) in [5, 5.41) is 0. The lowest BCUT2D eigenvalue weighted by molar-refractivity contribution is -0.140. The van der Waals surface area contributed by atoms with E-state index in [1.54, 1.807) is 6.20 Å². The molecule has 0 radical (unpaired) electrons. The van der Waals surface area contributed by atoms with Gasteiger partial charge >= 0.3 is 0 Å². The van der Waals surface area contributed by atoms with Crippen molar-refractivity contribution in [3.63, 3.8) is 0 Å². The molecule has 4 rings (SSSR count). The molecule has 3 aliphatic rings. The number of hydrogen-bond donors (Lipinski definition) is 0. The van der Waals surface area contributed by atoms with Gasteiger partial charge in [0.15, 0.2) is 0 Å². The quantitative estimate of drug-likeness (QED) is 0.830. The highest BCUT2D eigenvalue weighted by Crippen LogP contribution is 2.34. The fourth-order valence-corrected chi connectivity index (χ4v) is 4.00. The zero-order valence-electron chi connectivity index (χ0n) is 13.8. The number of rotatable bonds is 4. The molecule has 1 aromatic heterocycles. The number of carbonyl (C=O) groups is 1. The van der Waals surface area contributed by atoms with Crippen molar-refractivity contribution in [1.82, 2.24) is 9.88 Å². The molecule has 24 heavy (non-hydrogen) atoms. The van der Waals surface area contributed by atoms with E-state index in [9.17, 15) is 4.79 Å². The van der Waals surface area contributed by atoms with E-state index in [1.165, 1.54) is 0 Å². The van der Waals surface area contributed by atoms with Crippen LogP contribution in [0.1, 0.15) is 18.4 Å². The number of ether oxygens (including phenoxy) is 3. The molecule has 4 heterocycles. The van der Waals surface area contributed by atoms with Crippen molar-refractivity contribution in [3.8, 4) is 0 Å². The van der Waals surface area contributed by atoms with E-state index in [1.807, 2.05) is 23.2 Å². The van der Waals surface area contributed by atoms with Crippen LogP contribution < -0.4 is 0 Å². The predicted molar refractivity (Wildman–Crippen MR) is 86.2 cm³/mol. The first-order chi connectivity index (χ1) is 11.8. The van der Waals surface area contributed by atoms with Gasteiger partial charge in [-0.1, -0.05) is 6.07 Å². The second-order valence-corrected chi connectivity index (χ2v) is 6.86. The van der Waals surface area contributed by atoms with Crippen LogP contribution >= 0.6 is 0 Å². The smallest absolute Gasteiger partial charge is 0.226 e. The molecule has 0 unspecified atom stereocenters. The van der Waals surface area contributed by atoms with Crippen molar-refractivity contribution in [2.75, 3.05) is 33.0 Å². The first-order valence-electron chi connectivity index (χ1n) is 8.79. The Labute approximate surface area is 142 Å². The minimum Gasteiger partial charge on any atom is -0.381 e. The maximum Gasteiger partial charge on any atom is 0.226 e. The molecule has 3 fully saturated rings. The first kappa shape index (κ1) is 16.0. The van der Waals surface area contributed by atoms with Crippen molar-refractivity contribution in [1.29, 1.82) is 0 Å². The predicted octanol–water partition coefficient (Wildman–Crippen LogP) is 1.25. The molecule has 130 valence electrons. The molecule has 3 atom stereocenters. The number of likely N-dealkylation sites (tertiary alicyclic amines) is 1. The average Bonchev–Trinajstić information content (AvgIpc) is 3.24. The molecule has 0 aliphatic carbocycles. The SMILES string of the molecule is O=C(C1CCOCC1)N1C[C@@H](OCc2cccnc2)[C@@H]2COC[C@@H]21. The van der Waals surface area contributed by atoms with Gasteiger partial charge in [0.1, 0.15) is 0 Å². The largest absolute Gasteiger partial charge is 0.381 e. The van der Waals surface area contributed by atoms with Gasteiger partial charge in [-0.25, -0.2) is 0 Å². The van der Waals surface area contributed by atoms with Crippen LogP contribution in [0.4, 0.5) is 0 Å². The third-order valence-corrected chi connectivity index (χ3v) is 5.39. The number of amides is 1. The van der Waals surface area contributed by atoms with Gasteiger partial charge in [-0.2, -0.15) is 0 Å². The van der Waals surface area contributed by atoms with E-state index in [4.69, 9.17) is 14.2 Å². The topological polar surface area (TPSA) is 60.9 Å². The molecule has 1 amide bonds. The fraction of sp³-hybridized carbons (Fsp3) is 0.667. The Morgan fingerprint density at radius 3 is 2.96 bits per heavy atom. The number of carbonyl (C=O) groups excluding carboxylic acids is 1. The summed E-state index contributed by atoms with van der Waals surface area (Å²) in [6, 6.07) is 4.09. The molecule has 0 saturated carbocycles. The van der Waals surface area contributed by atoms with Gasteiger partial charge in [0.25, 0.3) is 0 Å². The van der Waals surface area contributed by atoms with Gasteiger partial charge < -0.3 is 19.1 Å². The molecular formula is C18H24N2O4. The van der Waals surface area contributed by atoms with E-state index in [2.05, 4.69) is 4.98 Å². The van der Waals surface area contributed by atoms with Crippen LogP contribution in [0.2, 0.25) is 0 Å². The number of aromatic nitrogens is 1. The summed E-state index contributed by atoms with van der Waals surface area (Å²) < 4.78 is 17.2.